The number of rotatable bonds is 8. The van der Waals surface area contributed by atoms with Crippen molar-refractivity contribution in [3.05, 3.63) is 29.8 Å². The van der Waals surface area contributed by atoms with Gasteiger partial charge in [-0.15, -0.1) is 0 Å². The van der Waals surface area contributed by atoms with Crippen LogP contribution >= 0.6 is 0 Å². The first-order valence-electron chi connectivity index (χ1n) is 7.87. The van der Waals surface area contributed by atoms with Crippen molar-refractivity contribution in [2.45, 2.75) is 32.6 Å². The van der Waals surface area contributed by atoms with E-state index in [1.807, 2.05) is 0 Å². The molecule has 116 valence electrons. The number of carboxylic acid groups (broad SMARTS) is 1. The van der Waals surface area contributed by atoms with E-state index in [4.69, 9.17) is 9.84 Å². The van der Waals surface area contributed by atoms with Gasteiger partial charge < -0.3 is 14.7 Å². The molecule has 1 atom stereocenters. The predicted octanol–water partition coefficient (Wildman–Crippen LogP) is 3.28. The molecule has 1 aliphatic heterocycles. The molecule has 1 N–H and O–H groups in total. The highest BCUT2D eigenvalue weighted by Crippen LogP contribution is 2.21. The molecular formula is C17H25NO3. The molecule has 1 aromatic carbocycles. The molecule has 21 heavy (non-hydrogen) atoms. The highest BCUT2D eigenvalue weighted by molar-refractivity contribution is 5.87. The molecule has 1 unspecified atom stereocenters. The lowest BCUT2D eigenvalue weighted by atomic mass is 10.0. The monoisotopic (exact) mass is 291 g/mol. The van der Waals surface area contributed by atoms with Crippen LogP contribution in [0, 0.1) is 5.92 Å². The Morgan fingerprint density at radius 2 is 2.33 bits per heavy atom. The third-order valence-corrected chi connectivity index (χ3v) is 4.04. The second kappa shape index (κ2) is 8.03. The van der Waals surface area contributed by atoms with Gasteiger partial charge in [0.2, 0.25) is 0 Å². The Kier molecular flexibility index (Phi) is 6.05. The van der Waals surface area contributed by atoms with E-state index in [0.29, 0.717) is 12.4 Å². The number of carbonyl (C=O) groups is 1. The molecule has 0 aromatic heterocycles. The maximum absolute atomic E-state index is 10.9. The molecule has 0 radical (unpaired) electrons. The van der Waals surface area contributed by atoms with Gasteiger partial charge >= 0.3 is 5.97 Å². The molecule has 0 spiro atoms. The number of ether oxygens (including phenoxy) is 1. The third kappa shape index (κ3) is 5.05. The molecule has 1 heterocycles. The van der Waals surface area contributed by atoms with E-state index in [0.717, 1.165) is 18.9 Å². The molecule has 0 aliphatic carbocycles. The number of likely N-dealkylation sites (tertiary alicyclic amines) is 1. The molecule has 0 saturated carbocycles. The van der Waals surface area contributed by atoms with Gasteiger partial charge in [0.25, 0.3) is 0 Å². The third-order valence-electron chi connectivity index (χ3n) is 4.04. The van der Waals surface area contributed by atoms with Crippen molar-refractivity contribution in [2.24, 2.45) is 5.92 Å². The van der Waals surface area contributed by atoms with E-state index in [1.54, 1.807) is 24.3 Å². The normalized spacial score (nSPS) is 18.8. The zero-order valence-electron chi connectivity index (χ0n) is 12.8. The number of hydrogen-bond acceptors (Lipinski definition) is 3. The topological polar surface area (TPSA) is 49.8 Å². The Labute approximate surface area is 126 Å². The maximum Gasteiger partial charge on any atom is 0.335 e. The summed E-state index contributed by atoms with van der Waals surface area (Å²) in [6, 6.07) is 6.68. The van der Waals surface area contributed by atoms with Gasteiger partial charge in [-0.05, 0) is 49.9 Å². The van der Waals surface area contributed by atoms with E-state index in [2.05, 4.69) is 11.8 Å². The van der Waals surface area contributed by atoms with Crippen molar-refractivity contribution in [1.29, 1.82) is 0 Å². The molecule has 1 aromatic rings. The first-order chi connectivity index (χ1) is 10.2. The van der Waals surface area contributed by atoms with Crippen molar-refractivity contribution in [3.8, 4) is 5.75 Å². The minimum absolute atomic E-state index is 0.273. The molecular weight excluding hydrogens is 266 g/mol. The van der Waals surface area contributed by atoms with Crippen LogP contribution in [0.25, 0.3) is 0 Å². The second-order valence-corrected chi connectivity index (χ2v) is 5.78. The minimum Gasteiger partial charge on any atom is -0.494 e. The average Bonchev–Trinajstić information content (AvgIpc) is 2.92. The standard InChI is InChI=1S/C17H25NO3/c1-2-5-14-8-10-18(13-14)9-4-11-21-16-7-3-6-15(12-16)17(19)20/h3,6-7,12,14H,2,4-5,8-11,13H2,1H3,(H,19,20). The van der Waals surface area contributed by atoms with Crippen LogP contribution in [0.3, 0.4) is 0 Å². The fourth-order valence-electron chi connectivity index (χ4n) is 2.96. The quantitative estimate of drug-likeness (QED) is 0.747. The van der Waals surface area contributed by atoms with Crippen LogP contribution in [0.1, 0.15) is 43.0 Å². The van der Waals surface area contributed by atoms with E-state index in [9.17, 15) is 4.79 Å². The summed E-state index contributed by atoms with van der Waals surface area (Å²) in [5, 5.41) is 8.93. The predicted molar refractivity (Wildman–Crippen MR) is 83.0 cm³/mol. The molecule has 4 nitrogen and oxygen atoms in total. The lowest BCUT2D eigenvalue weighted by Crippen LogP contribution is -2.23. The summed E-state index contributed by atoms with van der Waals surface area (Å²) in [5.41, 5.74) is 0.273. The van der Waals surface area contributed by atoms with Crippen LogP contribution in [0.2, 0.25) is 0 Å². The summed E-state index contributed by atoms with van der Waals surface area (Å²) in [6.07, 6.45) is 4.93. The fourth-order valence-corrected chi connectivity index (χ4v) is 2.96. The van der Waals surface area contributed by atoms with Gasteiger partial charge in [0.15, 0.2) is 0 Å². The number of nitrogens with zero attached hydrogens (tertiary/aromatic N) is 1. The number of benzene rings is 1. The largest absolute Gasteiger partial charge is 0.494 e. The van der Waals surface area contributed by atoms with Gasteiger partial charge in [-0.25, -0.2) is 4.79 Å². The summed E-state index contributed by atoms with van der Waals surface area (Å²) in [7, 11) is 0. The van der Waals surface area contributed by atoms with Gasteiger partial charge in [-0.1, -0.05) is 19.4 Å². The number of hydrogen-bond donors (Lipinski definition) is 1. The zero-order chi connectivity index (χ0) is 15.1. The lowest BCUT2D eigenvalue weighted by Gasteiger charge is -2.16. The van der Waals surface area contributed by atoms with Crippen molar-refractivity contribution in [1.82, 2.24) is 4.90 Å². The summed E-state index contributed by atoms with van der Waals surface area (Å²) < 4.78 is 5.64. The Morgan fingerprint density at radius 3 is 3.10 bits per heavy atom. The molecule has 1 saturated heterocycles. The van der Waals surface area contributed by atoms with Crippen LogP contribution in [0.4, 0.5) is 0 Å². The van der Waals surface area contributed by atoms with Gasteiger partial charge in [0.05, 0.1) is 12.2 Å². The fraction of sp³-hybridized carbons (Fsp3) is 0.588. The Balaban J connectivity index is 1.66. The summed E-state index contributed by atoms with van der Waals surface area (Å²) in [5.74, 6) is 0.600. The van der Waals surface area contributed by atoms with Crippen molar-refractivity contribution >= 4 is 5.97 Å². The highest BCUT2D eigenvalue weighted by atomic mass is 16.5. The van der Waals surface area contributed by atoms with E-state index < -0.39 is 5.97 Å². The highest BCUT2D eigenvalue weighted by Gasteiger charge is 2.20. The molecule has 1 aliphatic rings. The smallest absolute Gasteiger partial charge is 0.335 e. The summed E-state index contributed by atoms with van der Waals surface area (Å²) >= 11 is 0. The van der Waals surface area contributed by atoms with Gasteiger partial charge in [0, 0.05) is 13.1 Å². The Hall–Kier alpha value is -1.55. The number of aromatic carboxylic acids is 1. The molecule has 4 heteroatoms. The molecule has 2 rings (SSSR count). The molecule has 1 fully saturated rings. The first kappa shape index (κ1) is 15.8. The van der Waals surface area contributed by atoms with Gasteiger partial charge in [0.1, 0.15) is 5.75 Å². The average molecular weight is 291 g/mol. The van der Waals surface area contributed by atoms with Crippen molar-refractivity contribution in [3.63, 3.8) is 0 Å². The first-order valence-corrected chi connectivity index (χ1v) is 7.87. The van der Waals surface area contributed by atoms with Crippen LogP contribution < -0.4 is 4.74 Å². The Bertz CT molecular complexity index is 461. The van der Waals surface area contributed by atoms with Crippen molar-refractivity contribution < 1.29 is 14.6 Å². The number of carboxylic acids is 1. The lowest BCUT2D eigenvalue weighted by molar-refractivity contribution is 0.0696. The van der Waals surface area contributed by atoms with Crippen molar-refractivity contribution in [2.75, 3.05) is 26.2 Å². The van der Waals surface area contributed by atoms with E-state index in [1.165, 1.54) is 32.4 Å². The van der Waals surface area contributed by atoms with Gasteiger partial charge in [-0.2, -0.15) is 0 Å². The van der Waals surface area contributed by atoms with Crippen LogP contribution in [0.15, 0.2) is 24.3 Å². The van der Waals surface area contributed by atoms with E-state index in [-0.39, 0.29) is 5.56 Å². The zero-order valence-corrected chi connectivity index (χ0v) is 12.8. The second-order valence-electron chi connectivity index (χ2n) is 5.78. The Morgan fingerprint density at radius 1 is 1.48 bits per heavy atom. The summed E-state index contributed by atoms with van der Waals surface area (Å²) in [6.45, 7) is 6.39. The van der Waals surface area contributed by atoms with Gasteiger partial charge in [-0.3, -0.25) is 0 Å². The maximum atomic E-state index is 10.9. The van der Waals surface area contributed by atoms with Crippen LogP contribution in [0.5, 0.6) is 5.75 Å². The summed E-state index contributed by atoms with van der Waals surface area (Å²) in [4.78, 5) is 13.4. The SMILES string of the molecule is CCCC1CCN(CCCOc2cccc(C(=O)O)c2)C1. The van der Waals surface area contributed by atoms with Crippen LogP contribution in [-0.4, -0.2) is 42.2 Å². The molecule has 0 bridgehead atoms. The van der Waals surface area contributed by atoms with Crippen LogP contribution in [-0.2, 0) is 0 Å². The van der Waals surface area contributed by atoms with E-state index >= 15 is 0 Å². The molecule has 0 amide bonds. The minimum atomic E-state index is -0.917.